The summed E-state index contributed by atoms with van der Waals surface area (Å²) >= 11 is 0. The summed E-state index contributed by atoms with van der Waals surface area (Å²) in [4.78, 5) is 24.1. The molecular weight excluding hydrogens is 590 g/mol. The summed E-state index contributed by atoms with van der Waals surface area (Å²) in [5, 5.41) is 5.64. The molecule has 1 aliphatic heterocycles. The Labute approximate surface area is 253 Å². The number of nitrogens with zero attached hydrogens (tertiary/aromatic N) is 1. The van der Waals surface area contributed by atoms with Crippen LogP contribution in [-0.4, -0.2) is 42.1 Å². The van der Waals surface area contributed by atoms with Gasteiger partial charge in [-0.2, -0.15) is 8.42 Å². The first-order valence-corrected chi connectivity index (χ1v) is 16.6. The molecule has 5 rings (SSSR count). The summed E-state index contributed by atoms with van der Waals surface area (Å²) in [5.41, 5.74) is 1.67. The van der Waals surface area contributed by atoms with Crippen LogP contribution >= 0.6 is 0 Å². The molecule has 11 heteroatoms. The third-order valence-electron chi connectivity index (χ3n) is 6.39. The molecule has 224 valence electrons. The number of hydrogen-bond donors (Lipinski definition) is 0. The minimum Gasteiger partial charge on any atom is -0.714 e. The first kappa shape index (κ1) is 31.7. The average molecular weight is 622 g/mol. The lowest BCUT2D eigenvalue weighted by atomic mass is 10.1. The molecule has 1 heterocycles. The standard InChI is InChI=1S/C17H15NO8S.C15H17S/c19-16(24-11-13-7-3-1-4-8-13)15(18-26-27(21,22)23)17(20)25-12-14-9-5-2-6-10-14;1-2-9-15-13(6-1)7-5-8-14(15)12-16-10-3-4-11-16/h1-10H,11-12H2,(H,21,22,23);1-2,5-9H,3-4,10-12H2/q;+1/p-1. The minimum atomic E-state index is -5.27. The smallest absolute Gasteiger partial charge is 0.368 e. The van der Waals surface area contributed by atoms with Gasteiger partial charge in [0.2, 0.25) is 0 Å². The first-order valence-electron chi connectivity index (χ1n) is 13.5. The lowest BCUT2D eigenvalue weighted by Gasteiger charge is -2.09. The molecule has 0 N–H and O–H groups in total. The van der Waals surface area contributed by atoms with Gasteiger partial charge < -0.3 is 14.0 Å². The molecule has 0 atom stereocenters. The zero-order chi connectivity index (χ0) is 30.5. The number of fused-ring (bicyclic) bond motifs is 1. The topological polar surface area (TPSA) is 131 Å². The van der Waals surface area contributed by atoms with E-state index in [0.29, 0.717) is 22.0 Å². The number of ether oxygens (including phenoxy) is 2. The maximum absolute atomic E-state index is 12.1. The highest BCUT2D eigenvalue weighted by Crippen LogP contribution is 2.24. The number of esters is 2. The summed E-state index contributed by atoms with van der Waals surface area (Å²) in [6.45, 7) is -0.427. The maximum Gasteiger partial charge on any atom is 0.368 e. The van der Waals surface area contributed by atoms with Crippen LogP contribution in [0.1, 0.15) is 29.5 Å². The van der Waals surface area contributed by atoms with Gasteiger partial charge in [-0.3, -0.25) is 4.28 Å². The van der Waals surface area contributed by atoms with Gasteiger partial charge in [0, 0.05) is 5.56 Å². The van der Waals surface area contributed by atoms with Crippen molar-refractivity contribution >= 4 is 49.7 Å². The lowest BCUT2D eigenvalue weighted by Crippen LogP contribution is -2.29. The molecule has 4 aromatic rings. The fourth-order valence-corrected chi connectivity index (χ4v) is 6.90. The average Bonchev–Trinajstić information content (AvgIpc) is 3.53. The second kappa shape index (κ2) is 15.9. The van der Waals surface area contributed by atoms with E-state index in [1.54, 1.807) is 66.2 Å². The van der Waals surface area contributed by atoms with Gasteiger partial charge in [-0.15, -0.1) is 0 Å². The van der Waals surface area contributed by atoms with E-state index in [1.165, 1.54) is 40.9 Å². The fraction of sp³-hybridized carbons (Fsp3) is 0.219. The van der Waals surface area contributed by atoms with Crippen molar-refractivity contribution in [1.29, 1.82) is 0 Å². The largest absolute Gasteiger partial charge is 0.714 e. The zero-order valence-electron chi connectivity index (χ0n) is 23.3. The molecular formula is C32H31NO8S2. The number of carbonyl (C=O) groups is 2. The summed E-state index contributed by atoms with van der Waals surface area (Å²) < 4.78 is 45.1. The van der Waals surface area contributed by atoms with E-state index in [9.17, 15) is 22.6 Å². The molecule has 1 fully saturated rings. The van der Waals surface area contributed by atoms with Crippen molar-refractivity contribution in [2.75, 3.05) is 11.5 Å². The van der Waals surface area contributed by atoms with Gasteiger partial charge in [0.15, 0.2) is 0 Å². The normalized spacial score (nSPS) is 13.0. The molecule has 0 unspecified atom stereocenters. The van der Waals surface area contributed by atoms with E-state index < -0.39 is 28.0 Å². The van der Waals surface area contributed by atoms with Crippen molar-refractivity contribution in [3.63, 3.8) is 0 Å². The Balaban J connectivity index is 0.000000222. The van der Waals surface area contributed by atoms with Crippen molar-refractivity contribution < 1.29 is 36.3 Å². The molecule has 0 saturated carbocycles. The Morgan fingerprint density at radius 1 is 0.721 bits per heavy atom. The molecule has 0 amide bonds. The predicted octanol–water partition coefficient (Wildman–Crippen LogP) is 5.06. The first-order chi connectivity index (χ1) is 20.8. The molecule has 0 aliphatic carbocycles. The summed E-state index contributed by atoms with van der Waals surface area (Å²) in [6, 6.07) is 32.5. The Morgan fingerprint density at radius 2 is 1.23 bits per heavy atom. The molecule has 43 heavy (non-hydrogen) atoms. The molecule has 0 bridgehead atoms. The van der Waals surface area contributed by atoms with Gasteiger partial charge in [0.1, 0.15) is 30.5 Å². The van der Waals surface area contributed by atoms with Crippen molar-refractivity contribution in [2.45, 2.75) is 31.8 Å². The molecule has 0 radical (unpaired) electrons. The fourth-order valence-electron chi connectivity index (χ4n) is 4.32. The van der Waals surface area contributed by atoms with E-state index in [2.05, 4.69) is 51.9 Å². The second-order valence-corrected chi connectivity index (χ2v) is 12.9. The van der Waals surface area contributed by atoms with Gasteiger partial charge in [-0.1, -0.05) is 108 Å². The molecule has 1 saturated heterocycles. The quantitative estimate of drug-likeness (QED) is 0.0457. The van der Waals surface area contributed by atoms with Crippen LogP contribution in [0.2, 0.25) is 0 Å². The van der Waals surface area contributed by atoms with Crippen LogP contribution in [0.25, 0.3) is 10.8 Å². The third kappa shape index (κ3) is 10.5. The van der Waals surface area contributed by atoms with Gasteiger partial charge in [0.25, 0.3) is 16.1 Å². The Kier molecular flexibility index (Phi) is 11.7. The predicted molar refractivity (Wildman–Crippen MR) is 165 cm³/mol. The highest BCUT2D eigenvalue weighted by atomic mass is 32.3. The summed E-state index contributed by atoms with van der Waals surface area (Å²) in [6.07, 6.45) is 2.90. The van der Waals surface area contributed by atoms with Crippen molar-refractivity contribution in [1.82, 2.24) is 0 Å². The van der Waals surface area contributed by atoms with E-state index >= 15 is 0 Å². The highest BCUT2D eigenvalue weighted by Gasteiger charge is 2.26. The number of hydrogen-bond acceptors (Lipinski definition) is 9. The van der Waals surface area contributed by atoms with Crippen molar-refractivity contribution in [3.05, 3.63) is 120 Å². The highest BCUT2D eigenvalue weighted by molar-refractivity contribution is 7.96. The molecule has 9 nitrogen and oxygen atoms in total. The number of rotatable bonds is 10. The Hall–Kier alpha value is -4.19. The van der Waals surface area contributed by atoms with Crippen LogP contribution in [0, 0.1) is 0 Å². The molecule has 0 spiro atoms. The van der Waals surface area contributed by atoms with Crippen LogP contribution < -0.4 is 0 Å². The maximum atomic E-state index is 12.1. The zero-order valence-corrected chi connectivity index (χ0v) is 24.9. The number of carbonyl (C=O) groups excluding carboxylic acids is 2. The Bertz CT molecular complexity index is 1580. The minimum absolute atomic E-state index is 0.214. The van der Waals surface area contributed by atoms with E-state index in [4.69, 9.17) is 9.47 Å². The van der Waals surface area contributed by atoms with Gasteiger partial charge >= 0.3 is 11.9 Å². The third-order valence-corrected chi connectivity index (χ3v) is 9.10. The van der Waals surface area contributed by atoms with Crippen LogP contribution in [0.15, 0.2) is 108 Å². The van der Waals surface area contributed by atoms with Crippen LogP contribution in [0.3, 0.4) is 0 Å². The molecule has 1 aliphatic rings. The summed E-state index contributed by atoms with van der Waals surface area (Å²) in [7, 11) is -4.61. The van der Waals surface area contributed by atoms with Crippen molar-refractivity contribution in [2.24, 2.45) is 5.16 Å². The van der Waals surface area contributed by atoms with Gasteiger partial charge in [-0.05, 0) is 45.6 Å². The van der Waals surface area contributed by atoms with E-state index in [0.717, 1.165) is 0 Å². The van der Waals surface area contributed by atoms with Crippen LogP contribution in [-0.2, 0) is 63.6 Å². The number of oxime groups is 1. The lowest BCUT2D eigenvalue weighted by molar-refractivity contribution is -0.142. The van der Waals surface area contributed by atoms with Crippen molar-refractivity contribution in [3.8, 4) is 0 Å². The van der Waals surface area contributed by atoms with E-state index in [1.807, 2.05) is 0 Å². The second-order valence-electron chi connectivity index (χ2n) is 9.56. The van der Waals surface area contributed by atoms with Crippen LogP contribution in [0.4, 0.5) is 0 Å². The number of benzene rings is 4. The van der Waals surface area contributed by atoms with Crippen LogP contribution in [0.5, 0.6) is 0 Å². The SMILES string of the molecule is O=C(OCc1ccccc1)C(=NOS(=O)(=O)[O-])C(=O)OCc1ccccc1.c1ccc2c(C[S+]3CCCC3)cccc2c1. The van der Waals surface area contributed by atoms with Gasteiger partial charge in [-0.25, -0.2) is 9.59 Å². The monoisotopic (exact) mass is 621 g/mol. The van der Waals surface area contributed by atoms with E-state index in [-0.39, 0.29) is 13.2 Å². The summed E-state index contributed by atoms with van der Waals surface area (Å²) in [5.74, 6) is 1.62. The van der Waals surface area contributed by atoms with Gasteiger partial charge in [0.05, 0.1) is 0 Å². The molecule has 0 aromatic heterocycles. The molecule has 4 aromatic carbocycles. The Morgan fingerprint density at radius 3 is 1.79 bits per heavy atom.